The molecule has 0 aliphatic heterocycles. The molecule has 0 aliphatic rings. The van der Waals surface area contributed by atoms with Gasteiger partial charge in [-0.25, -0.2) is 0 Å². The summed E-state index contributed by atoms with van der Waals surface area (Å²) in [6.45, 7) is 0. The van der Waals surface area contributed by atoms with E-state index in [2.05, 4.69) is 21.8 Å². The topological polar surface area (TPSA) is 71.9 Å². The van der Waals surface area contributed by atoms with Crippen molar-refractivity contribution >= 4 is 0 Å². The van der Waals surface area contributed by atoms with Gasteiger partial charge in [0, 0.05) is 36.9 Å². The highest BCUT2D eigenvalue weighted by molar-refractivity contribution is 5.37. The first kappa shape index (κ1) is 23.2. The molecule has 0 amide bonds. The molecule has 0 saturated heterocycles. The third-order valence-electron chi connectivity index (χ3n) is 4.39. The Morgan fingerprint density at radius 3 is 1.34 bits per heavy atom. The van der Waals surface area contributed by atoms with Crippen molar-refractivity contribution in [2.24, 2.45) is 0 Å². The quantitative estimate of drug-likeness (QED) is 0.228. The van der Waals surface area contributed by atoms with Crippen LogP contribution in [0.5, 0.6) is 34.5 Å². The van der Waals surface area contributed by atoms with E-state index in [9.17, 15) is 0 Å². The predicted octanol–water partition coefficient (Wildman–Crippen LogP) is 5.45. The monoisotopic (exact) mass is 464 g/mol. The zero-order valence-electron chi connectivity index (χ0n) is 18.5. The van der Waals surface area contributed by atoms with Gasteiger partial charge in [-0.3, -0.25) is 14.7 Å². The SMILES string of the molecule is C#CC(Oc1cccc(Oc2ccncc2)c1)OC(C#C)Oc1cccc(Oc2ccncc2)c1. The maximum absolute atomic E-state index is 5.78. The van der Waals surface area contributed by atoms with Gasteiger partial charge in [-0.15, -0.1) is 12.8 Å². The Hall–Kier alpha value is -4.98. The molecule has 35 heavy (non-hydrogen) atoms. The molecule has 0 bridgehead atoms. The fourth-order valence-corrected chi connectivity index (χ4v) is 2.87. The smallest absolute Gasteiger partial charge is 0.268 e. The van der Waals surface area contributed by atoms with E-state index in [0.717, 1.165) is 0 Å². The van der Waals surface area contributed by atoms with Gasteiger partial charge < -0.3 is 18.9 Å². The number of nitrogens with zero attached hydrogens (tertiary/aromatic N) is 2. The van der Waals surface area contributed by atoms with Gasteiger partial charge in [0.15, 0.2) is 0 Å². The molecular formula is C28H20N2O5. The largest absolute Gasteiger partial charge is 0.457 e. The third kappa shape index (κ3) is 7.00. The number of terminal acetylenes is 2. The van der Waals surface area contributed by atoms with E-state index in [1.54, 1.807) is 97.6 Å². The molecule has 0 aliphatic carbocycles. The van der Waals surface area contributed by atoms with E-state index < -0.39 is 12.6 Å². The number of hydrogen-bond donors (Lipinski definition) is 0. The first-order valence-electron chi connectivity index (χ1n) is 10.5. The molecule has 0 N–H and O–H groups in total. The predicted molar refractivity (Wildman–Crippen MR) is 129 cm³/mol. The zero-order chi connectivity index (χ0) is 24.3. The number of rotatable bonds is 10. The molecule has 0 spiro atoms. The summed E-state index contributed by atoms with van der Waals surface area (Å²) in [6, 6.07) is 20.9. The van der Waals surface area contributed by atoms with Gasteiger partial charge in [0.05, 0.1) is 0 Å². The maximum atomic E-state index is 5.78. The van der Waals surface area contributed by atoms with Gasteiger partial charge in [-0.2, -0.15) is 0 Å². The Bertz CT molecular complexity index is 1210. The van der Waals surface area contributed by atoms with Crippen LogP contribution >= 0.6 is 0 Å². The second-order valence-corrected chi connectivity index (χ2v) is 6.89. The van der Waals surface area contributed by atoms with Crippen molar-refractivity contribution < 1.29 is 23.7 Å². The summed E-state index contributed by atoms with van der Waals surface area (Å²) in [5, 5.41) is 0. The summed E-state index contributed by atoms with van der Waals surface area (Å²) < 4.78 is 28.7. The van der Waals surface area contributed by atoms with E-state index in [0.29, 0.717) is 34.5 Å². The van der Waals surface area contributed by atoms with Crippen LogP contribution in [0.25, 0.3) is 0 Å². The summed E-state index contributed by atoms with van der Waals surface area (Å²) in [5.41, 5.74) is 0. The van der Waals surface area contributed by atoms with Gasteiger partial charge in [-0.05, 0) is 60.4 Å². The Kier molecular flexibility index (Phi) is 7.79. The van der Waals surface area contributed by atoms with E-state index in [-0.39, 0.29) is 0 Å². The second kappa shape index (κ2) is 11.8. The van der Waals surface area contributed by atoms with Crippen molar-refractivity contribution in [3.05, 3.63) is 97.6 Å². The number of pyridine rings is 2. The lowest BCUT2D eigenvalue weighted by molar-refractivity contribution is -0.131. The van der Waals surface area contributed by atoms with Crippen molar-refractivity contribution in [1.29, 1.82) is 0 Å². The molecule has 172 valence electrons. The van der Waals surface area contributed by atoms with Crippen molar-refractivity contribution in [3.8, 4) is 59.2 Å². The van der Waals surface area contributed by atoms with E-state index >= 15 is 0 Å². The number of ether oxygens (including phenoxy) is 5. The highest BCUT2D eigenvalue weighted by Crippen LogP contribution is 2.27. The van der Waals surface area contributed by atoms with Crippen LogP contribution in [0.4, 0.5) is 0 Å². The number of hydrogen-bond acceptors (Lipinski definition) is 7. The average Bonchev–Trinajstić information content (AvgIpc) is 2.89. The Labute approximate surface area is 203 Å². The molecule has 2 unspecified atom stereocenters. The number of aromatic nitrogens is 2. The van der Waals surface area contributed by atoms with Crippen LogP contribution in [0.1, 0.15) is 0 Å². The molecule has 2 aromatic carbocycles. The van der Waals surface area contributed by atoms with Crippen molar-refractivity contribution in [2.45, 2.75) is 12.6 Å². The summed E-state index contributed by atoms with van der Waals surface area (Å²) in [4.78, 5) is 7.93. The van der Waals surface area contributed by atoms with Gasteiger partial charge >= 0.3 is 0 Å². The third-order valence-corrected chi connectivity index (χ3v) is 4.39. The summed E-state index contributed by atoms with van der Waals surface area (Å²) in [5.74, 6) is 8.08. The van der Waals surface area contributed by atoms with Gasteiger partial charge in [0.25, 0.3) is 12.6 Å². The van der Waals surface area contributed by atoms with Crippen LogP contribution in [-0.4, -0.2) is 22.5 Å². The molecule has 4 aromatic rings. The normalized spacial score (nSPS) is 11.8. The Morgan fingerprint density at radius 1 is 0.543 bits per heavy atom. The molecule has 2 heterocycles. The summed E-state index contributed by atoms with van der Waals surface area (Å²) >= 11 is 0. The van der Waals surface area contributed by atoms with Crippen molar-refractivity contribution in [1.82, 2.24) is 9.97 Å². The lowest BCUT2D eigenvalue weighted by Crippen LogP contribution is -2.28. The van der Waals surface area contributed by atoms with Crippen LogP contribution in [0.2, 0.25) is 0 Å². The highest BCUT2D eigenvalue weighted by atomic mass is 16.8. The Morgan fingerprint density at radius 2 is 0.943 bits per heavy atom. The fraction of sp³-hybridized carbons (Fsp3) is 0.0714. The molecule has 0 radical (unpaired) electrons. The first-order valence-corrected chi connectivity index (χ1v) is 10.5. The lowest BCUT2D eigenvalue weighted by Gasteiger charge is -2.20. The van der Waals surface area contributed by atoms with Crippen molar-refractivity contribution in [3.63, 3.8) is 0 Å². The zero-order valence-corrected chi connectivity index (χ0v) is 18.5. The molecule has 2 atom stereocenters. The fourth-order valence-electron chi connectivity index (χ4n) is 2.87. The summed E-state index contributed by atoms with van der Waals surface area (Å²) in [6.07, 6.45) is 15.5. The van der Waals surface area contributed by atoms with Gasteiger partial charge in [0.2, 0.25) is 0 Å². The maximum Gasteiger partial charge on any atom is 0.268 e. The van der Waals surface area contributed by atoms with Crippen LogP contribution in [0.3, 0.4) is 0 Å². The summed E-state index contributed by atoms with van der Waals surface area (Å²) in [7, 11) is 0. The minimum absolute atomic E-state index is 0.433. The average molecular weight is 464 g/mol. The molecule has 0 saturated carbocycles. The molecule has 2 aromatic heterocycles. The van der Waals surface area contributed by atoms with Crippen LogP contribution in [0.15, 0.2) is 97.6 Å². The minimum atomic E-state index is -1.11. The van der Waals surface area contributed by atoms with E-state index in [1.165, 1.54) is 0 Å². The number of benzene rings is 2. The van der Waals surface area contributed by atoms with Crippen LogP contribution < -0.4 is 18.9 Å². The lowest BCUT2D eigenvalue weighted by atomic mass is 10.3. The molecule has 4 rings (SSSR count). The van der Waals surface area contributed by atoms with E-state index in [1.807, 2.05) is 0 Å². The second-order valence-electron chi connectivity index (χ2n) is 6.89. The molecular weight excluding hydrogens is 444 g/mol. The van der Waals surface area contributed by atoms with Crippen LogP contribution in [-0.2, 0) is 4.74 Å². The Balaban J connectivity index is 1.37. The molecule has 0 fully saturated rings. The van der Waals surface area contributed by atoms with E-state index in [4.69, 9.17) is 36.5 Å². The van der Waals surface area contributed by atoms with Gasteiger partial charge in [0.1, 0.15) is 34.5 Å². The minimum Gasteiger partial charge on any atom is -0.457 e. The van der Waals surface area contributed by atoms with Gasteiger partial charge in [-0.1, -0.05) is 12.1 Å². The molecule has 7 nitrogen and oxygen atoms in total. The van der Waals surface area contributed by atoms with Crippen LogP contribution in [0, 0.1) is 24.7 Å². The highest BCUT2D eigenvalue weighted by Gasteiger charge is 2.17. The first-order chi connectivity index (χ1) is 17.2. The van der Waals surface area contributed by atoms with Crippen molar-refractivity contribution in [2.75, 3.05) is 0 Å². The standard InChI is InChI=1S/C28H20N2O5/c1-3-27(33-25-9-5-7-23(19-25)31-21-11-15-29-16-12-21)35-28(4-2)34-26-10-6-8-24(20-26)32-22-13-17-30-18-14-22/h1-2,5-20,27-28H. The molecule has 7 heteroatoms.